The summed E-state index contributed by atoms with van der Waals surface area (Å²) in [4.78, 5) is 1.90. The summed E-state index contributed by atoms with van der Waals surface area (Å²) in [7, 11) is 3.88. The highest BCUT2D eigenvalue weighted by molar-refractivity contribution is 4.68. The first-order valence-corrected chi connectivity index (χ1v) is 7.90. The molecule has 0 bridgehead atoms. The van der Waals surface area contributed by atoms with Crippen LogP contribution in [0.25, 0.3) is 0 Å². The zero-order chi connectivity index (χ0) is 13.9. The van der Waals surface area contributed by atoms with Crippen LogP contribution in [0.2, 0.25) is 0 Å². The van der Waals surface area contributed by atoms with Gasteiger partial charge in [-0.2, -0.15) is 0 Å². The van der Waals surface area contributed by atoms with E-state index in [2.05, 4.69) is 6.92 Å². The second-order valence-corrected chi connectivity index (χ2v) is 6.04. The molecule has 0 saturated heterocycles. The number of hydrogen-bond acceptors (Lipinski definition) is 2. The molecule has 0 saturated carbocycles. The summed E-state index contributed by atoms with van der Waals surface area (Å²) in [5, 5.41) is 10.0. The molecule has 0 aromatic carbocycles. The standard InChI is InChI=1S/C16H35NO/c1-5-6-7-8-9-10-11-12-13-14-15-16(2,18)17(3)4/h18H,5-15H2,1-4H3. The average Bonchev–Trinajstić information content (AvgIpc) is 2.31. The molecule has 0 fully saturated rings. The van der Waals surface area contributed by atoms with E-state index >= 15 is 0 Å². The predicted molar refractivity (Wildman–Crippen MR) is 80.8 cm³/mol. The van der Waals surface area contributed by atoms with Gasteiger partial charge in [-0.3, -0.25) is 4.90 Å². The summed E-state index contributed by atoms with van der Waals surface area (Å²) in [6.45, 7) is 4.17. The van der Waals surface area contributed by atoms with Crippen LogP contribution in [0.4, 0.5) is 0 Å². The van der Waals surface area contributed by atoms with Crippen LogP contribution in [0.15, 0.2) is 0 Å². The summed E-state index contributed by atoms with van der Waals surface area (Å²) < 4.78 is 0. The molecule has 0 aromatic heterocycles. The van der Waals surface area contributed by atoms with Gasteiger partial charge in [0.1, 0.15) is 5.72 Å². The highest BCUT2D eigenvalue weighted by Crippen LogP contribution is 2.18. The molecule has 0 spiro atoms. The number of unbranched alkanes of at least 4 members (excludes halogenated alkanes) is 9. The molecule has 0 rings (SSSR count). The van der Waals surface area contributed by atoms with E-state index in [0.717, 1.165) is 12.8 Å². The number of nitrogens with zero attached hydrogens (tertiary/aromatic N) is 1. The molecule has 2 nitrogen and oxygen atoms in total. The lowest BCUT2D eigenvalue weighted by Gasteiger charge is -2.30. The first kappa shape index (κ1) is 17.9. The van der Waals surface area contributed by atoms with Crippen molar-refractivity contribution < 1.29 is 5.11 Å². The fourth-order valence-corrected chi connectivity index (χ4v) is 2.17. The molecule has 0 heterocycles. The van der Waals surface area contributed by atoms with Crippen LogP contribution >= 0.6 is 0 Å². The average molecular weight is 257 g/mol. The van der Waals surface area contributed by atoms with Crippen LogP contribution < -0.4 is 0 Å². The molecule has 110 valence electrons. The van der Waals surface area contributed by atoms with Crippen LogP contribution in [-0.4, -0.2) is 29.8 Å². The fourth-order valence-electron chi connectivity index (χ4n) is 2.17. The zero-order valence-corrected chi connectivity index (χ0v) is 13.2. The quantitative estimate of drug-likeness (QED) is 0.409. The van der Waals surface area contributed by atoms with Crippen molar-refractivity contribution in [2.45, 2.75) is 90.2 Å². The van der Waals surface area contributed by atoms with Gasteiger partial charge in [-0.15, -0.1) is 0 Å². The Morgan fingerprint density at radius 1 is 0.778 bits per heavy atom. The van der Waals surface area contributed by atoms with Crippen molar-refractivity contribution in [3.8, 4) is 0 Å². The predicted octanol–water partition coefficient (Wildman–Crippen LogP) is 4.57. The van der Waals surface area contributed by atoms with Gasteiger partial charge in [0.25, 0.3) is 0 Å². The Morgan fingerprint density at radius 3 is 1.56 bits per heavy atom. The van der Waals surface area contributed by atoms with Gasteiger partial charge in [0.05, 0.1) is 0 Å². The third kappa shape index (κ3) is 9.90. The lowest BCUT2D eigenvalue weighted by molar-refractivity contribution is -0.0734. The minimum absolute atomic E-state index is 0.625. The Hall–Kier alpha value is -0.0800. The van der Waals surface area contributed by atoms with Crippen molar-refractivity contribution in [1.29, 1.82) is 0 Å². The van der Waals surface area contributed by atoms with Crippen LogP contribution in [0, 0.1) is 0 Å². The maximum absolute atomic E-state index is 10.0. The highest BCUT2D eigenvalue weighted by atomic mass is 16.3. The smallest absolute Gasteiger partial charge is 0.115 e. The Bertz CT molecular complexity index is 178. The van der Waals surface area contributed by atoms with E-state index in [1.165, 1.54) is 57.8 Å². The van der Waals surface area contributed by atoms with Crippen molar-refractivity contribution in [1.82, 2.24) is 4.90 Å². The minimum Gasteiger partial charge on any atom is -0.376 e. The topological polar surface area (TPSA) is 23.5 Å². The normalized spacial score (nSPS) is 15.0. The second kappa shape index (κ2) is 10.8. The van der Waals surface area contributed by atoms with E-state index in [1.807, 2.05) is 25.9 Å². The lowest BCUT2D eigenvalue weighted by Crippen LogP contribution is -2.40. The third-order valence-corrected chi connectivity index (χ3v) is 3.97. The van der Waals surface area contributed by atoms with Gasteiger partial charge < -0.3 is 5.11 Å². The first-order chi connectivity index (χ1) is 8.50. The van der Waals surface area contributed by atoms with Gasteiger partial charge in [-0.05, 0) is 33.9 Å². The molecule has 0 aliphatic rings. The van der Waals surface area contributed by atoms with Crippen molar-refractivity contribution in [3.63, 3.8) is 0 Å². The molecule has 0 aliphatic carbocycles. The van der Waals surface area contributed by atoms with E-state index in [1.54, 1.807) is 0 Å². The van der Waals surface area contributed by atoms with Crippen molar-refractivity contribution in [2.24, 2.45) is 0 Å². The van der Waals surface area contributed by atoms with Crippen molar-refractivity contribution in [3.05, 3.63) is 0 Å². The minimum atomic E-state index is -0.625. The SMILES string of the molecule is CCCCCCCCCCCCC(C)(O)N(C)C. The molecule has 0 aromatic rings. The van der Waals surface area contributed by atoms with Gasteiger partial charge >= 0.3 is 0 Å². The first-order valence-electron chi connectivity index (χ1n) is 7.90. The number of aliphatic hydroxyl groups is 1. The van der Waals surface area contributed by atoms with Crippen molar-refractivity contribution >= 4 is 0 Å². The number of rotatable bonds is 12. The van der Waals surface area contributed by atoms with E-state index < -0.39 is 5.72 Å². The van der Waals surface area contributed by atoms with Gasteiger partial charge in [0, 0.05) is 0 Å². The van der Waals surface area contributed by atoms with E-state index in [4.69, 9.17) is 0 Å². The molecule has 2 heteroatoms. The monoisotopic (exact) mass is 257 g/mol. The summed E-state index contributed by atoms with van der Waals surface area (Å²) in [5.74, 6) is 0. The summed E-state index contributed by atoms with van der Waals surface area (Å²) >= 11 is 0. The molecule has 18 heavy (non-hydrogen) atoms. The van der Waals surface area contributed by atoms with Crippen LogP contribution in [0.1, 0.15) is 84.5 Å². The molecule has 0 aliphatic heterocycles. The Kier molecular flexibility index (Phi) is 10.8. The van der Waals surface area contributed by atoms with Gasteiger partial charge in [-0.1, -0.05) is 64.7 Å². The van der Waals surface area contributed by atoms with Crippen LogP contribution in [0.3, 0.4) is 0 Å². The molecule has 1 unspecified atom stereocenters. The van der Waals surface area contributed by atoms with Crippen LogP contribution in [-0.2, 0) is 0 Å². The van der Waals surface area contributed by atoms with Crippen LogP contribution in [0.5, 0.6) is 0 Å². The Labute approximate surface area is 115 Å². The molecular weight excluding hydrogens is 222 g/mol. The molecule has 1 atom stereocenters. The zero-order valence-electron chi connectivity index (χ0n) is 13.2. The molecular formula is C16H35NO. The van der Waals surface area contributed by atoms with E-state index in [0.29, 0.717) is 0 Å². The molecule has 0 amide bonds. The van der Waals surface area contributed by atoms with E-state index in [-0.39, 0.29) is 0 Å². The molecule has 1 N–H and O–H groups in total. The van der Waals surface area contributed by atoms with Gasteiger partial charge in [-0.25, -0.2) is 0 Å². The van der Waals surface area contributed by atoms with Gasteiger partial charge in [0.15, 0.2) is 0 Å². The maximum Gasteiger partial charge on any atom is 0.115 e. The highest BCUT2D eigenvalue weighted by Gasteiger charge is 2.21. The summed E-state index contributed by atoms with van der Waals surface area (Å²) in [6, 6.07) is 0. The fraction of sp³-hybridized carbons (Fsp3) is 1.00. The summed E-state index contributed by atoms with van der Waals surface area (Å²) in [6.07, 6.45) is 14.4. The van der Waals surface area contributed by atoms with Crippen molar-refractivity contribution in [2.75, 3.05) is 14.1 Å². The molecule has 0 radical (unpaired) electrons. The lowest BCUT2D eigenvalue weighted by atomic mass is 10.0. The second-order valence-electron chi connectivity index (χ2n) is 6.04. The largest absolute Gasteiger partial charge is 0.376 e. The number of hydrogen-bond donors (Lipinski definition) is 1. The van der Waals surface area contributed by atoms with Gasteiger partial charge in [0.2, 0.25) is 0 Å². The summed E-state index contributed by atoms with van der Waals surface area (Å²) in [5.41, 5.74) is -0.625. The Morgan fingerprint density at radius 2 is 1.17 bits per heavy atom. The maximum atomic E-state index is 10.0. The van der Waals surface area contributed by atoms with E-state index in [9.17, 15) is 5.11 Å². The third-order valence-electron chi connectivity index (χ3n) is 3.97. The Balaban J connectivity index is 3.21.